The van der Waals surface area contributed by atoms with Crippen LogP contribution in [0.25, 0.3) is 11.3 Å². The number of aryl methyl sites for hydroxylation is 1. The van der Waals surface area contributed by atoms with Crippen molar-refractivity contribution in [2.45, 2.75) is 32.4 Å². The number of hydrogen-bond donors (Lipinski definition) is 2. The molecular weight excluding hydrogens is 306 g/mol. The van der Waals surface area contributed by atoms with Gasteiger partial charge in [0.1, 0.15) is 0 Å². The van der Waals surface area contributed by atoms with Gasteiger partial charge in [-0.25, -0.2) is 0 Å². The van der Waals surface area contributed by atoms with Crippen LogP contribution in [0.3, 0.4) is 0 Å². The van der Waals surface area contributed by atoms with Gasteiger partial charge >= 0.3 is 0 Å². The summed E-state index contributed by atoms with van der Waals surface area (Å²) in [5.41, 5.74) is 3.08. The van der Waals surface area contributed by atoms with Crippen LogP contribution >= 0.6 is 0 Å². The fourth-order valence-electron chi connectivity index (χ4n) is 2.80. The molecule has 6 heteroatoms. The number of ether oxygens (including phenoxy) is 2. The molecule has 1 unspecified atom stereocenters. The molecule has 24 heavy (non-hydrogen) atoms. The van der Waals surface area contributed by atoms with Gasteiger partial charge in [-0.15, -0.1) is 0 Å². The van der Waals surface area contributed by atoms with Gasteiger partial charge in [0.15, 0.2) is 11.5 Å². The molecule has 0 bridgehead atoms. The highest BCUT2D eigenvalue weighted by Crippen LogP contribution is 2.34. The smallest absolute Gasteiger partial charge is 0.161 e. The number of nitrogens with one attached hydrogen (secondary N) is 1. The predicted octanol–water partition coefficient (Wildman–Crippen LogP) is 2.11. The fraction of sp³-hybridized carbons (Fsp3) is 0.500. The van der Waals surface area contributed by atoms with Crippen molar-refractivity contribution >= 4 is 0 Å². The molecule has 1 aliphatic rings. The number of aliphatic hydroxyl groups excluding tert-OH is 1. The Kier molecular flexibility index (Phi) is 5.37. The molecule has 0 spiro atoms. The van der Waals surface area contributed by atoms with Crippen LogP contribution in [-0.2, 0) is 13.6 Å². The quantitative estimate of drug-likeness (QED) is 0.848. The Labute approximate surface area is 142 Å². The molecule has 1 aromatic carbocycles. The average Bonchev–Trinajstić information content (AvgIpc) is 2.79. The van der Waals surface area contributed by atoms with E-state index in [1.54, 1.807) is 0 Å². The summed E-state index contributed by atoms with van der Waals surface area (Å²) in [6, 6.07) is 6.24. The summed E-state index contributed by atoms with van der Waals surface area (Å²) in [5, 5.41) is 17.1. The van der Waals surface area contributed by atoms with E-state index in [2.05, 4.69) is 17.3 Å². The molecular formula is C18H25N3O3. The molecule has 1 aromatic heterocycles. The Balaban J connectivity index is 1.83. The second kappa shape index (κ2) is 7.68. The Hall–Kier alpha value is -2.05. The SMILES string of the molecule is CC(CCO)NCc1cn(C)nc1-c1ccc2c(c1)OCCCO2. The normalized spacial score (nSPS) is 15.1. The van der Waals surface area contributed by atoms with Crippen molar-refractivity contribution in [3.8, 4) is 22.8 Å². The van der Waals surface area contributed by atoms with E-state index >= 15 is 0 Å². The van der Waals surface area contributed by atoms with Gasteiger partial charge in [-0.1, -0.05) is 0 Å². The van der Waals surface area contributed by atoms with Crippen molar-refractivity contribution in [3.05, 3.63) is 30.0 Å². The van der Waals surface area contributed by atoms with Crippen molar-refractivity contribution < 1.29 is 14.6 Å². The van der Waals surface area contributed by atoms with Gasteiger partial charge in [-0.2, -0.15) is 5.10 Å². The zero-order valence-corrected chi connectivity index (χ0v) is 14.3. The minimum absolute atomic E-state index is 0.191. The third-order valence-corrected chi connectivity index (χ3v) is 4.13. The zero-order chi connectivity index (χ0) is 16.9. The number of benzene rings is 1. The average molecular weight is 331 g/mol. The van der Waals surface area contributed by atoms with E-state index in [0.29, 0.717) is 19.8 Å². The van der Waals surface area contributed by atoms with E-state index in [0.717, 1.165) is 41.2 Å². The molecule has 1 atom stereocenters. The van der Waals surface area contributed by atoms with Gasteiger partial charge in [0.05, 0.1) is 18.9 Å². The van der Waals surface area contributed by atoms with Crippen LogP contribution in [0, 0.1) is 0 Å². The highest BCUT2D eigenvalue weighted by atomic mass is 16.5. The van der Waals surface area contributed by atoms with Crippen LogP contribution < -0.4 is 14.8 Å². The summed E-state index contributed by atoms with van der Waals surface area (Å²) in [6.07, 6.45) is 3.65. The highest BCUT2D eigenvalue weighted by Gasteiger charge is 2.16. The first-order valence-electron chi connectivity index (χ1n) is 8.44. The van der Waals surface area contributed by atoms with E-state index < -0.39 is 0 Å². The number of aliphatic hydroxyl groups is 1. The topological polar surface area (TPSA) is 68.5 Å². The second-order valence-corrected chi connectivity index (χ2v) is 6.18. The number of nitrogens with zero attached hydrogens (tertiary/aromatic N) is 2. The van der Waals surface area contributed by atoms with Crippen molar-refractivity contribution in [2.24, 2.45) is 7.05 Å². The molecule has 2 heterocycles. The van der Waals surface area contributed by atoms with Crippen LogP contribution in [0.2, 0.25) is 0 Å². The van der Waals surface area contributed by atoms with Crippen LogP contribution in [0.4, 0.5) is 0 Å². The van der Waals surface area contributed by atoms with Crippen LogP contribution in [-0.4, -0.2) is 40.7 Å². The molecule has 3 rings (SSSR count). The van der Waals surface area contributed by atoms with Crippen LogP contribution in [0.5, 0.6) is 11.5 Å². The summed E-state index contributed by atoms with van der Waals surface area (Å²) >= 11 is 0. The molecule has 0 radical (unpaired) electrons. The van der Waals surface area contributed by atoms with E-state index in [-0.39, 0.29) is 12.6 Å². The Bertz CT molecular complexity index is 684. The highest BCUT2D eigenvalue weighted by molar-refractivity contribution is 5.66. The summed E-state index contributed by atoms with van der Waals surface area (Å²) < 4.78 is 13.3. The van der Waals surface area contributed by atoms with Crippen molar-refractivity contribution in [1.29, 1.82) is 0 Å². The summed E-state index contributed by atoms with van der Waals surface area (Å²) in [4.78, 5) is 0. The van der Waals surface area contributed by atoms with E-state index in [4.69, 9.17) is 14.6 Å². The lowest BCUT2D eigenvalue weighted by atomic mass is 10.1. The lowest BCUT2D eigenvalue weighted by Crippen LogP contribution is -2.26. The van der Waals surface area contributed by atoms with Crippen LogP contribution in [0.1, 0.15) is 25.3 Å². The van der Waals surface area contributed by atoms with Gasteiger partial charge in [0.2, 0.25) is 0 Å². The maximum atomic E-state index is 9.02. The Morgan fingerprint density at radius 3 is 2.88 bits per heavy atom. The van der Waals surface area contributed by atoms with Gasteiger partial charge in [0.25, 0.3) is 0 Å². The van der Waals surface area contributed by atoms with Crippen molar-refractivity contribution in [1.82, 2.24) is 15.1 Å². The lowest BCUT2D eigenvalue weighted by molar-refractivity contribution is 0.268. The van der Waals surface area contributed by atoms with E-state index in [1.807, 2.05) is 36.1 Å². The number of hydrogen-bond acceptors (Lipinski definition) is 5. The molecule has 0 aliphatic carbocycles. The molecule has 0 amide bonds. The van der Waals surface area contributed by atoms with Gasteiger partial charge in [-0.05, 0) is 31.5 Å². The lowest BCUT2D eigenvalue weighted by Gasteiger charge is -2.13. The number of aromatic nitrogens is 2. The minimum Gasteiger partial charge on any atom is -0.490 e. The van der Waals surface area contributed by atoms with Crippen LogP contribution in [0.15, 0.2) is 24.4 Å². The third-order valence-electron chi connectivity index (χ3n) is 4.13. The third kappa shape index (κ3) is 3.88. The molecule has 0 saturated heterocycles. The summed E-state index contributed by atoms with van der Waals surface area (Å²) in [6.45, 7) is 4.33. The molecule has 0 saturated carbocycles. The molecule has 6 nitrogen and oxygen atoms in total. The Morgan fingerprint density at radius 2 is 2.08 bits per heavy atom. The first-order chi connectivity index (χ1) is 11.7. The predicted molar refractivity (Wildman–Crippen MR) is 92.3 cm³/mol. The number of fused-ring (bicyclic) bond motifs is 1. The maximum absolute atomic E-state index is 9.02. The zero-order valence-electron chi connectivity index (χ0n) is 14.3. The molecule has 0 fully saturated rings. The first kappa shape index (κ1) is 16.8. The molecule has 1 aliphatic heterocycles. The van der Waals surface area contributed by atoms with Gasteiger partial charge in [-0.3, -0.25) is 4.68 Å². The molecule has 2 aromatic rings. The largest absolute Gasteiger partial charge is 0.490 e. The monoisotopic (exact) mass is 331 g/mol. The van der Waals surface area contributed by atoms with Gasteiger partial charge in [0, 0.05) is 50.0 Å². The van der Waals surface area contributed by atoms with Crippen molar-refractivity contribution in [3.63, 3.8) is 0 Å². The second-order valence-electron chi connectivity index (χ2n) is 6.18. The minimum atomic E-state index is 0.191. The maximum Gasteiger partial charge on any atom is 0.161 e. The summed E-state index contributed by atoms with van der Waals surface area (Å²) in [7, 11) is 1.92. The molecule has 130 valence electrons. The van der Waals surface area contributed by atoms with Gasteiger partial charge < -0.3 is 19.9 Å². The van der Waals surface area contributed by atoms with E-state index in [1.165, 1.54) is 0 Å². The van der Waals surface area contributed by atoms with Crippen molar-refractivity contribution in [2.75, 3.05) is 19.8 Å². The molecule has 2 N–H and O–H groups in total. The Morgan fingerprint density at radius 1 is 1.29 bits per heavy atom. The summed E-state index contributed by atoms with van der Waals surface area (Å²) in [5.74, 6) is 1.58. The standard InChI is InChI=1S/C18H25N3O3/c1-13(6-7-22)19-11-15-12-21(2)20-18(15)14-4-5-16-17(10-14)24-9-3-8-23-16/h4-5,10,12-13,19,22H,3,6-9,11H2,1-2H3. The van der Waals surface area contributed by atoms with E-state index in [9.17, 15) is 0 Å². The first-order valence-corrected chi connectivity index (χ1v) is 8.44. The number of rotatable bonds is 6. The fourth-order valence-corrected chi connectivity index (χ4v) is 2.80.